The van der Waals surface area contributed by atoms with Gasteiger partial charge < -0.3 is 9.15 Å². The standard InChI is InChI=1S/C76H65N5O2/c1-44(2)58-37-54(49-23-12-10-13-24-49)38-59(45(3)4)71(58)80-68-33-20-18-31-65(68)78-75(80)53-29-22-30-56(35-53)82-57-42-63-70-48(9)77-67-41-52-28-17-16-27-51(52)36-62(67)74(70)83-73(63)64(43-57)76-79-66-32-19-21-34-69(66)81(76)72-60(46(5)6)39-55(40-61(72)47(7)8)50-25-14-11-15-26-50/h10-47H,1-9H3. The van der Waals surface area contributed by atoms with Crippen molar-refractivity contribution in [2.75, 3.05) is 0 Å². The minimum atomic E-state index is 0.180. The number of aromatic nitrogens is 5. The number of benzene rings is 10. The molecular formula is C76H65N5O2. The summed E-state index contributed by atoms with van der Waals surface area (Å²) in [6.45, 7) is 20.5. The third kappa shape index (κ3) is 8.85. The van der Waals surface area contributed by atoms with Crippen molar-refractivity contribution < 1.29 is 9.15 Å². The fourth-order valence-corrected chi connectivity index (χ4v) is 12.6. The van der Waals surface area contributed by atoms with E-state index in [2.05, 4.69) is 272 Å². The van der Waals surface area contributed by atoms with Crippen molar-refractivity contribution in [3.8, 4) is 67.9 Å². The zero-order valence-corrected chi connectivity index (χ0v) is 48.5. The van der Waals surface area contributed by atoms with Gasteiger partial charge in [-0.25, -0.2) is 9.97 Å². The van der Waals surface area contributed by atoms with E-state index in [0.29, 0.717) is 11.5 Å². The number of para-hydroxylation sites is 4. The first kappa shape index (κ1) is 51.5. The molecule has 0 fully saturated rings. The van der Waals surface area contributed by atoms with Crippen LogP contribution in [-0.2, 0) is 0 Å². The quantitative estimate of drug-likeness (QED) is 0.114. The van der Waals surface area contributed by atoms with Crippen molar-refractivity contribution in [3.05, 3.63) is 234 Å². The highest BCUT2D eigenvalue weighted by Crippen LogP contribution is 2.47. The van der Waals surface area contributed by atoms with Crippen LogP contribution in [0.5, 0.6) is 11.5 Å². The number of furan rings is 1. The molecule has 0 aliphatic carbocycles. The maximum Gasteiger partial charge on any atom is 0.149 e. The number of fused-ring (bicyclic) bond motifs is 8. The molecule has 0 atom stereocenters. The first-order valence-corrected chi connectivity index (χ1v) is 29.3. The molecule has 0 bridgehead atoms. The lowest BCUT2D eigenvalue weighted by Gasteiger charge is -2.24. The first-order chi connectivity index (χ1) is 40.4. The summed E-state index contributed by atoms with van der Waals surface area (Å²) in [5, 5.41) is 5.05. The predicted molar refractivity (Wildman–Crippen MR) is 345 cm³/mol. The van der Waals surface area contributed by atoms with Crippen LogP contribution in [-0.4, -0.2) is 24.1 Å². The second kappa shape index (κ2) is 20.4. The molecule has 0 aliphatic rings. The third-order valence-corrected chi connectivity index (χ3v) is 16.7. The van der Waals surface area contributed by atoms with Gasteiger partial charge in [-0.15, -0.1) is 0 Å². The summed E-state index contributed by atoms with van der Waals surface area (Å²) in [5.41, 5.74) is 21.0. The minimum absolute atomic E-state index is 0.180. The molecule has 0 saturated carbocycles. The van der Waals surface area contributed by atoms with Gasteiger partial charge in [0.05, 0.1) is 49.9 Å². The van der Waals surface area contributed by atoms with Gasteiger partial charge in [-0.1, -0.05) is 177 Å². The normalized spacial score (nSPS) is 12.1. The monoisotopic (exact) mass is 1080 g/mol. The van der Waals surface area contributed by atoms with Gasteiger partial charge in [0.15, 0.2) is 0 Å². The summed E-state index contributed by atoms with van der Waals surface area (Å²) in [6, 6.07) is 73.5. The van der Waals surface area contributed by atoms with Gasteiger partial charge in [-0.2, -0.15) is 0 Å². The molecule has 14 aromatic rings. The molecule has 83 heavy (non-hydrogen) atoms. The molecule has 4 heterocycles. The van der Waals surface area contributed by atoms with Crippen LogP contribution in [0.15, 0.2) is 211 Å². The van der Waals surface area contributed by atoms with Crippen LogP contribution in [0.1, 0.15) is 107 Å². The Bertz CT molecular complexity index is 4790. The number of ether oxygens (including phenoxy) is 1. The van der Waals surface area contributed by atoms with Gasteiger partial charge in [0.25, 0.3) is 0 Å². The van der Waals surface area contributed by atoms with E-state index < -0.39 is 0 Å². The van der Waals surface area contributed by atoms with Crippen LogP contribution < -0.4 is 4.74 Å². The number of nitrogens with zero attached hydrogens (tertiary/aromatic N) is 5. The van der Waals surface area contributed by atoms with Crippen LogP contribution in [0.25, 0.3) is 122 Å². The molecule has 7 heteroatoms. The molecular weight excluding hydrogens is 1010 g/mol. The number of hydrogen-bond donors (Lipinski definition) is 0. The summed E-state index contributed by atoms with van der Waals surface area (Å²) in [4.78, 5) is 16.4. The van der Waals surface area contributed by atoms with E-state index in [-0.39, 0.29) is 23.7 Å². The Morgan fingerprint density at radius 3 is 1.41 bits per heavy atom. The molecule has 0 aliphatic heterocycles. The minimum Gasteiger partial charge on any atom is -0.457 e. The van der Waals surface area contributed by atoms with E-state index in [0.717, 1.165) is 99.8 Å². The first-order valence-electron chi connectivity index (χ1n) is 29.3. The number of imidazole rings is 2. The zero-order chi connectivity index (χ0) is 56.8. The Morgan fingerprint density at radius 2 is 0.855 bits per heavy atom. The average Bonchev–Trinajstić information content (AvgIpc) is 3.71. The van der Waals surface area contributed by atoms with Crippen molar-refractivity contribution in [1.29, 1.82) is 0 Å². The lowest BCUT2D eigenvalue weighted by Crippen LogP contribution is -2.09. The Labute approximate surface area is 484 Å². The summed E-state index contributed by atoms with van der Waals surface area (Å²) < 4.78 is 19.5. The van der Waals surface area contributed by atoms with E-state index in [1.165, 1.54) is 50.2 Å². The fraction of sp³-hybridized carbons (Fsp3) is 0.171. The van der Waals surface area contributed by atoms with Crippen molar-refractivity contribution in [2.24, 2.45) is 0 Å². The predicted octanol–water partition coefficient (Wildman–Crippen LogP) is 21.2. The van der Waals surface area contributed by atoms with Crippen molar-refractivity contribution in [2.45, 2.75) is 86.0 Å². The molecule has 0 spiro atoms. The van der Waals surface area contributed by atoms with Gasteiger partial charge >= 0.3 is 0 Å². The van der Waals surface area contributed by atoms with Crippen molar-refractivity contribution in [3.63, 3.8) is 0 Å². The van der Waals surface area contributed by atoms with E-state index >= 15 is 0 Å². The molecule has 0 N–H and O–H groups in total. The smallest absolute Gasteiger partial charge is 0.149 e. The molecule has 0 radical (unpaired) electrons. The molecule has 7 nitrogen and oxygen atoms in total. The molecule has 0 unspecified atom stereocenters. The highest BCUT2D eigenvalue weighted by atomic mass is 16.5. The third-order valence-electron chi connectivity index (χ3n) is 16.7. The maximum absolute atomic E-state index is 7.39. The molecule has 406 valence electrons. The van der Waals surface area contributed by atoms with Crippen LogP contribution in [0, 0.1) is 6.92 Å². The number of aryl methyl sites for hydroxylation is 1. The van der Waals surface area contributed by atoms with Crippen LogP contribution >= 0.6 is 0 Å². The molecule has 10 aromatic carbocycles. The van der Waals surface area contributed by atoms with Crippen LogP contribution in [0.3, 0.4) is 0 Å². The van der Waals surface area contributed by atoms with Gasteiger partial charge in [0.1, 0.15) is 34.3 Å². The van der Waals surface area contributed by atoms with Gasteiger partial charge in [-0.3, -0.25) is 14.1 Å². The van der Waals surface area contributed by atoms with Crippen molar-refractivity contribution in [1.82, 2.24) is 24.1 Å². The van der Waals surface area contributed by atoms with Crippen LogP contribution in [0.2, 0.25) is 0 Å². The van der Waals surface area contributed by atoms with Crippen molar-refractivity contribution >= 4 is 65.7 Å². The second-order valence-electron chi connectivity index (χ2n) is 23.6. The lowest BCUT2D eigenvalue weighted by molar-refractivity contribution is 0.483. The highest BCUT2D eigenvalue weighted by Gasteiger charge is 2.29. The molecule has 4 aromatic heterocycles. The Kier molecular flexibility index (Phi) is 12.7. The zero-order valence-electron chi connectivity index (χ0n) is 48.5. The van der Waals surface area contributed by atoms with Crippen LogP contribution in [0.4, 0.5) is 0 Å². The average molecular weight is 1080 g/mol. The summed E-state index contributed by atoms with van der Waals surface area (Å²) in [7, 11) is 0. The fourth-order valence-electron chi connectivity index (χ4n) is 12.6. The van der Waals surface area contributed by atoms with E-state index in [1.54, 1.807) is 0 Å². The van der Waals surface area contributed by atoms with E-state index in [4.69, 9.17) is 24.1 Å². The van der Waals surface area contributed by atoms with Gasteiger partial charge in [0.2, 0.25) is 0 Å². The summed E-state index contributed by atoms with van der Waals surface area (Å²) >= 11 is 0. The van der Waals surface area contributed by atoms with Gasteiger partial charge in [-0.05, 0) is 171 Å². The highest BCUT2D eigenvalue weighted by molar-refractivity contribution is 6.19. The Balaban J connectivity index is 1.00. The molecule has 0 saturated heterocycles. The van der Waals surface area contributed by atoms with Gasteiger partial charge in [0, 0.05) is 22.0 Å². The molecule has 0 amide bonds. The second-order valence-corrected chi connectivity index (χ2v) is 23.6. The lowest BCUT2D eigenvalue weighted by atomic mass is 9.88. The Hall–Kier alpha value is -9.59. The number of hydrogen-bond acceptors (Lipinski definition) is 5. The number of pyridine rings is 1. The van der Waals surface area contributed by atoms with E-state index in [9.17, 15) is 0 Å². The molecule has 14 rings (SSSR count). The SMILES string of the molecule is Cc1nc2cc3ccccc3cc2c2oc3c(-c4nc5ccccc5n4-c4c(C(C)C)cc(-c5ccccc5)cc4C(C)C)cc(Oc4cccc(-c5nc6ccccc6n5-c5c(C(C)C)cc(-c6ccccc6)cc5C(C)C)c4)cc3c12. The topological polar surface area (TPSA) is 70.9 Å². The largest absolute Gasteiger partial charge is 0.457 e. The Morgan fingerprint density at radius 1 is 0.373 bits per heavy atom. The maximum atomic E-state index is 7.39. The van der Waals surface area contributed by atoms with E-state index in [1.807, 2.05) is 6.07 Å². The summed E-state index contributed by atoms with van der Waals surface area (Å²) in [6.07, 6.45) is 0. The number of rotatable bonds is 12. The summed E-state index contributed by atoms with van der Waals surface area (Å²) in [5.74, 6) is 3.74.